The Kier molecular flexibility index (Phi) is 4.40. The molecule has 1 aliphatic rings. The molecule has 2 aromatic heterocycles. The minimum absolute atomic E-state index is 0.0808. The molecule has 0 amide bonds. The first-order chi connectivity index (χ1) is 11.4. The number of anilines is 1. The first-order valence-electron chi connectivity index (χ1n) is 8.19. The quantitative estimate of drug-likeness (QED) is 0.846. The van der Waals surface area contributed by atoms with Crippen LogP contribution in [-0.4, -0.2) is 42.1 Å². The van der Waals surface area contributed by atoms with Crippen LogP contribution in [0.25, 0.3) is 0 Å². The minimum atomic E-state index is -0.425. The topological polar surface area (TPSA) is 97.9 Å². The molecular formula is C16H24N6O2. The molecule has 8 nitrogen and oxygen atoms in total. The molecule has 0 aliphatic heterocycles. The van der Waals surface area contributed by atoms with Crippen LogP contribution < -0.4 is 11.0 Å². The van der Waals surface area contributed by atoms with E-state index in [1.807, 2.05) is 13.8 Å². The van der Waals surface area contributed by atoms with Crippen LogP contribution in [0, 0.1) is 19.8 Å². The summed E-state index contributed by atoms with van der Waals surface area (Å²) in [6.07, 6.45) is 2.77. The van der Waals surface area contributed by atoms with Gasteiger partial charge in [-0.25, -0.2) is 19.4 Å². The normalized spacial score (nSPS) is 23.6. The van der Waals surface area contributed by atoms with Gasteiger partial charge in [0.2, 0.25) is 5.95 Å². The predicted molar refractivity (Wildman–Crippen MR) is 89.9 cm³/mol. The van der Waals surface area contributed by atoms with Gasteiger partial charge >= 0.3 is 5.69 Å². The van der Waals surface area contributed by atoms with Gasteiger partial charge in [0, 0.05) is 44.4 Å². The number of nitrogens with zero attached hydrogens (tertiary/aromatic N) is 5. The predicted octanol–water partition coefficient (Wildman–Crippen LogP) is 0.492. The van der Waals surface area contributed by atoms with Crippen molar-refractivity contribution in [1.29, 1.82) is 0 Å². The Morgan fingerprint density at radius 1 is 1.33 bits per heavy atom. The molecule has 8 heteroatoms. The number of rotatable bonds is 4. The van der Waals surface area contributed by atoms with Crippen LogP contribution >= 0.6 is 0 Å². The fourth-order valence-electron chi connectivity index (χ4n) is 3.30. The van der Waals surface area contributed by atoms with E-state index in [9.17, 15) is 9.90 Å². The maximum atomic E-state index is 11.9. The third-order valence-electron chi connectivity index (χ3n) is 4.93. The molecule has 1 aliphatic carbocycles. The Labute approximate surface area is 140 Å². The van der Waals surface area contributed by atoms with Crippen LogP contribution in [0.1, 0.15) is 35.8 Å². The molecule has 130 valence electrons. The first-order valence-corrected chi connectivity index (χ1v) is 8.19. The summed E-state index contributed by atoms with van der Waals surface area (Å²) in [6, 6.07) is 0. The lowest BCUT2D eigenvalue weighted by Crippen LogP contribution is -2.22. The molecule has 0 bridgehead atoms. The van der Waals surface area contributed by atoms with Gasteiger partial charge in [0.15, 0.2) is 0 Å². The fraction of sp³-hybridized carbons (Fsp3) is 0.625. The average molecular weight is 332 g/mol. The number of aliphatic hydroxyl groups excluding tert-OH is 1. The third kappa shape index (κ3) is 3.06. The van der Waals surface area contributed by atoms with E-state index in [0.29, 0.717) is 18.9 Å². The molecule has 3 atom stereocenters. The van der Waals surface area contributed by atoms with E-state index < -0.39 is 6.10 Å². The van der Waals surface area contributed by atoms with Crippen molar-refractivity contribution < 1.29 is 5.11 Å². The molecule has 3 rings (SSSR count). The van der Waals surface area contributed by atoms with E-state index in [1.54, 1.807) is 24.9 Å². The van der Waals surface area contributed by atoms with Gasteiger partial charge in [0.05, 0.1) is 6.10 Å². The highest BCUT2D eigenvalue weighted by molar-refractivity contribution is 5.28. The molecular weight excluding hydrogens is 308 g/mol. The van der Waals surface area contributed by atoms with Gasteiger partial charge in [-0.2, -0.15) is 5.10 Å². The summed E-state index contributed by atoms with van der Waals surface area (Å²) in [5.74, 6) is 1.49. The second-order valence-corrected chi connectivity index (χ2v) is 6.66. The van der Waals surface area contributed by atoms with Crippen LogP contribution in [0.3, 0.4) is 0 Å². The number of aromatic nitrogens is 5. The maximum absolute atomic E-state index is 11.9. The molecule has 1 fully saturated rings. The highest BCUT2D eigenvalue weighted by Gasteiger charge is 2.36. The Hall–Kier alpha value is -2.22. The van der Waals surface area contributed by atoms with Crippen LogP contribution in [0.4, 0.5) is 5.95 Å². The lowest BCUT2D eigenvalue weighted by molar-refractivity contribution is 0.137. The van der Waals surface area contributed by atoms with Gasteiger partial charge in [-0.15, -0.1) is 0 Å². The standard InChI is InChI=1S/C16H24N6O2/c1-9-7-17-15(19-10(9)2)18-8-12-5-11(6-13(12)23)14-20-22(4)16(24)21(14)3/h7,11-13,23H,5-6,8H2,1-4H3,(H,17,18,19)/t11-,12+,13+/m0/s1. The number of hydrogen-bond donors (Lipinski definition) is 2. The van der Waals surface area contributed by atoms with Crippen molar-refractivity contribution in [3.05, 3.63) is 33.8 Å². The molecule has 0 spiro atoms. The third-order valence-corrected chi connectivity index (χ3v) is 4.93. The van der Waals surface area contributed by atoms with Crippen LogP contribution in [-0.2, 0) is 14.1 Å². The number of aryl methyl sites for hydroxylation is 3. The highest BCUT2D eigenvalue weighted by Crippen LogP contribution is 2.37. The second-order valence-electron chi connectivity index (χ2n) is 6.66. The van der Waals surface area contributed by atoms with Crippen molar-refractivity contribution >= 4 is 5.95 Å². The van der Waals surface area contributed by atoms with Gasteiger partial charge in [0.25, 0.3) is 0 Å². The van der Waals surface area contributed by atoms with Gasteiger partial charge < -0.3 is 10.4 Å². The highest BCUT2D eigenvalue weighted by atomic mass is 16.3. The Morgan fingerprint density at radius 2 is 2.08 bits per heavy atom. The van der Waals surface area contributed by atoms with Crippen molar-refractivity contribution in [1.82, 2.24) is 24.3 Å². The fourth-order valence-corrected chi connectivity index (χ4v) is 3.30. The minimum Gasteiger partial charge on any atom is -0.393 e. The van der Waals surface area contributed by atoms with Crippen molar-refractivity contribution in [2.75, 3.05) is 11.9 Å². The van der Waals surface area contributed by atoms with Gasteiger partial charge in [-0.1, -0.05) is 0 Å². The SMILES string of the molecule is Cc1cnc(NC[C@H]2C[C@H](c3nn(C)c(=O)n3C)C[C@H]2O)nc1C. The van der Waals surface area contributed by atoms with Crippen molar-refractivity contribution in [2.24, 2.45) is 20.0 Å². The van der Waals surface area contributed by atoms with Crippen molar-refractivity contribution in [2.45, 2.75) is 38.7 Å². The smallest absolute Gasteiger partial charge is 0.345 e. The van der Waals surface area contributed by atoms with Crippen molar-refractivity contribution in [3.63, 3.8) is 0 Å². The van der Waals surface area contributed by atoms with Crippen LogP contribution in [0.15, 0.2) is 11.0 Å². The summed E-state index contributed by atoms with van der Waals surface area (Å²) in [7, 11) is 3.37. The zero-order valence-corrected chi connectivity index (χ0v) is 14.5. The summed E-state index contributed by atoms with van der Waals surface area (Å²) in [5, 5.41) is 17.9. The number of hydrogen-bond acceptors (Lipinski definition) is 6. The molecule has 24 heavy (non-hydrogen) atoms. The van der Waals surface area contributed by atoms with Gasteiger partial charge in [-0.05, 0) is 32.3 Å². The molecule has 2 heterocycles. The summed E-state index contributed by atoms with van der Waals surface area (Å²) in [4.78, 5) is 20.5. The van der Waals surface area contributed by atoms with Gasteiger partial charge in [0.1, 0.15) is 5.82 Å². The van der Waals surface area contributed by atoms with Crippen LogP contribution in [0.5, 0.6) is 0 Å². The molecule has 2 aromatic rings. The Balaban J connectivity index is 1.66. The maximum Gasteiger partial charge on any atom is 0.345 e. The zero-order chi connectivity index (χ0) is 17.4. The van der Waals surface area contributed by atoms with E-state index in [2.05, 4.69) is 20.4 Å². The summed E-state index contributed by atoms with van der Waals surface area (Å²) < 4.78 is 2.91. The summed E-state index contributed by atoms with van der Waals surface area (Å²) >= 11 is 0. The van der Waals surface area contributed by atoms with Crippen molar-refractivity contribution in [3.8, 4) is 0 Å². The monoisotopic (exact) mass is 332 g/mol. The van der Waals surface area contributed by atoms with E-state index in [1.165, 1.54) is 4.68 Å². The Bertz CT molecular complexity index is 796. The Morgan fingerprint density at radius 3 is 2.71 bits per heavy atom. The molecule has 1 saturated carbocycles. The number of aliphatic hydroxyl groups is 1. The lowest BCUT2D eigenvalue weighted by atomic mass is 10.0. The largest absolute Gasteiger partial charge is 0.393 e. The lowest BCUT2D eigenvalue weighted by Gasteiger charge is -2.15. The molecule has 0 radical (unpaired) electrons. The van der Waals surface area contributed by atoms with E-state index >= 15 is 0 Å². The second kappa shape index (κ2) is 6.35. The zero-order valence-electron chi connectivity index (χ0n) is 14.5. The molecule has 2 N–H and O–H groups in total. The van der Waals surface area contributed by atoms with Crippen LogP contribution in [0.2, 0.25) is 0 Å². The molecule has 0 unspecified atom stereocenters. The van der Waals surface area contributed by atoms with Gasteiger partial charge in [-0.3, -0.25) is 4.57 Å². The average Bonchev–Trinajstić information content (AvgIpc) is 3.03. The molecule has 0 saturated heterocycles. The summed E-state index contributed by atoms with van der Waals surface area (Å²) in [6.45, 7) is 4.52. The summed E-state index contributed by atoms with van der Waals surface area (Å²) in [5.41, 5.74) is 1.86. The van der Waals surface area contributed by atoms with E-state index in [-0.39, 0.29) is 17.5 Å². The van der Waals surface area contributed by atoms with E-state index in [4.69, 9.17) is 0 Å². The molecule has 0 aromatic carbocycles. The first kappa shape index (κ1) is 16.6. The van der Waals surface area contributed by atoms with E-state index in [0.717, 1.165) is 23.5 Å². The number of nitrogens with one attached hydrogen (secondary N) is 1.